The minimum atomic E-state index is -4.56. The van der Waals surface area contributed by atoms with E-state index < -0.39 is 50.5 Å². The third-order valence-electron chi connectivity index (χ3n) is 6.34. The number of piperidine rings is 1. The van der Waals surface area contributed by atoms with Gasteiger partial charge in [-0.25, -0.2) is 9.59 Å². The van der Waals surface area contributed by atoms with Crippen molar-refractivity contribution in [1.29, 1.82) is 0 Å². The van der Waals surface area contributed by atoms with Gasteiger partial charge in [0.2, 0.25) is 11.8 Å². The monoisotopic (exact) mass is 545 g/mol. The molecule has 4 rings (SSSR count). The molecule has 1 unspecified atom stereocenters. The molecule has 2 heterocycles. The molecule has 13 nitrogen and oxygen atoms in total. The number of nitrogens with one attached hydrogen (secondary N) is 2. The van der Waals surface area contributed by atoms with Crippen molar-refractivity contribution in [2.24, 2.45) is 0 Å². The zero-order valence-electron chi connectivity index (χ0n) is 19.9. The van der Waals surface area contributed by atoms with Crippen molar-refractivity contribution in [1.82, 2.24) is 15.5 Å². The predicted octanol–water partition coefficient (Wildman–Crippen LogP) is 0.0906. The number of aromatic carboxylic acids is 1. The molecule has 2 aromatic carbocycles. The molecule has 38 heavy (non-hydrogen) atoms. The first-order valence-electron chi connectivity index (χ1n) is 11.7. The average molecular weight is 545 g/mol. The number of hydrogen-bond acceptors (Lipinski definition) is 7. The van der Waals surface area contributed by atoms with E-state index in [4.69, 9.17) is 4.65 Å². The van der Waals surface area contributed by atoms with E-state index in [1.807, 2.05) is 0 Å². The van der Waals surface area contributed by atoms with Crippen LogP contribution in [0.15, 0.2) is 42.5 Å². The summed E-state index contributed by atoms with van der Waals surface area (Å²) in [6.45, 7) is 0.175. The van der Waals surface area contributed by atoms with Crippen molar-refractivity contribution in [3.63, 3.8) is 0 Å². The van der Waals surface area contributed by atoms with Crippen LogP contribution in [0.5, 0.6) is 5.75 Å². The van der Waals surface area contributed by atoms with Crippen LogP contribution in [0.3, 0.4) is 0 Å². The minimum Gasteiger partial charge on any atom is -0.534 e. The highest BCUT2D eigenvalue weighted by molar-refractivity contribution is 7.60. The summed E-state index contributed by atoms with van der Waals surface area (Å²) in [5.41, 5.74) is 0.455. The van der Waals surface area contributed by atoms with Crippen LogP contribution >= 0.6 is 7.60 Å². The van der Waals surface area contributed by atoms with Crippen LogP contribution in [-0.2, 0) is 20.6 Å². The topological polar surface area (TPSA) is 203 Å². The van der Waals surface area contributed by atoms with E-state index in [9.17, 15) is 43.7 Å². The molecule has 6 N–H and O–H groups in total. The number of carbonyl (C=O) groups excluding carboxylic acids is 3. The van der Waals surface area contributed by atoms with E-state index in [0.717, 1.165) is 17.0 Å². The summed E-state index contributed by atoms with van der Waals surface area (Å²) >= 11 is 0. The smallest absolute Gasteiger partial charge is 0.534 e. The van der Waals surface area contributed by atoms with Crippen LogP contribution in [0.25, 0.3) is 0 Å². The Labute approximate surface area is 217 Å². The molecule has 200 valence electrons. The van der Waals surface area contributed by atoms with Gasteiger partial charge in [-0.15, -0.1) is 0 Å². The van der Waals surface area contributed by atoms with Crippen molar-refractivity contribution in [3.8, 4) is 5.75 Å². The molecule has 15 heteroatoms. The van der Waals surface area contributed by atoms with Gasteiger partial charge in [-0.05, 0) is 48.6 Å². The number of carboxylic acids is 1. The molecule has 0 bridgehead atoms. The van der Waals surface area contributed by atoms with Crippen LogP contribution in [0.4, 0.5) is 4.79 Å². The van der Waals surface area contributed by atoms with Crippen molar-refractivity contribution in [3.05, 3.63) is 59.2 Å². The number of carboxylic acid groups (broad SMARTS) is 1. The number of benzene rings is 2. The Morgan fingerprint density at radius 1 is 1.11 bits per heavy atom. The lowest BCUT2D eigenvalue weighted by Gasteiger charge is -2.31. The van der Waals surface area contributed by atoms with E-state index in [1.54, 1.807) is 6.07 Å². The molecule has 0 aliphatic carbocycles. The Balaban J connectivity index is 1.58. The summed E-state index contributed by atoms with van der Waals surface area (Å²) in [6.07, 6.45) is 1.45. The summed E-state index contributed by atoms with van der Waals surface area (Å²) in [5, 5.41) is 24.7. The van der Waals surface area contributed by atoms with Gasteiger partial charge >= 0.3 is 26.7 Å². The van der Waals surface area contributed by atoms with E-state index in [0.29, 0.717) is 18.4 Å². The number of likely N-dealkylation sites (tertiary alicyclic amines) is 1. The Hall–Kier alpha value is -3.71. The molecule has 2 aliphatic heterocycles. The molecule has 0 aromatic heterocycles. The predicted molar refractivity (Wildman–Crippen MR) is 133 cm³/mol. The molecule has 2 aromatic rings. The largest absolute Gasteiger partial charge is 0.547 e. The van der Waals surface area contributed by atoms with Crippen molar-refractivity contribution in [2.45, 2.75) is 37.7 Å². The third kappa shape index (κ3) is 5.89. The number of rotatable bonds is 6. The normalized spacial score (nSPS) is 18.2. The molecule has 1 fully saturated rings. The molecule has 4 amide bonds. The summed E-state index contributed by atoms with van der Waals surface area (Å²) < 4.78 is 17.0. The fraction of sp³-hybridized carbons (Fsp3) is 0.304. The summed E-state index contributed by atoms with van der Waals surface area (Å²) in [6, 6.07) is 6.97. The maximum absolute atomic E-state index is 13.4. The second-order valence-electron chi connectivity index (χ2n) is 8.95. The van der Waals surface area contributed by atoms with Crippen molar-refractivity contribution >= 4 is 43.8 Å². The number of hydrogen-bond donors (Lipinski definition) is 6. The van der Waals surface area contributed by atoms with Crippen molar-refractivity contribution in [2.75, 3.05) is 6.54 Å². The van der Waals surface area contributed by atoms with E-state index in [-0.39, 0.29) is 41.6 Å². The summed E-state index contributed by atoms with van der Waals surface area (Å²) in [5.74, 6) is -3.47. The SMILES string of the molecule is O=C(O)c1cccc2c1OB(O)[C@@H](NC(=O)C(NC(=O)N1CCCCC1=O)c1ccc(P(=O)(O)O)cc1)C2. The van der Waals surface area contributed by atoms with Crippen LogP contribution in [0.2, 0.25) is 0 Å². The van der Waals surface area contributed by atoms with Crippen molar-refractivity contribution < 1.29 is 48.3 Å². The molecule has 0 spiro atoms. The van der Waals surface area contributed by atoms with Gasteiger partial charge in [0.05, 0.1) is 16.8 Å². The molecule has 0 radical (unpaired) electrons. The fourth-order valence-corrected chi connectivity index (χ4v) is 4.90. The highest BCUT2D eigenvalue weighted by Crippen LogP contribution is 2.33. The number of nitrogens with zero attached hydrogens (tertiary/aromatic N) is 1. The Morgan fingerprint density at radius 2 is 1.82 bits per heavy atom. The Bertz CT molecular complexity index is 1320. The molecule has 2 atom stereocenters. The van der Waals surface area contributed by atoms with Gasteiger partial charge in [0.1, 0.15) is 11.8 Å². The van der Waals surface area contributed by atoms with E-state index >= 15 is 0 Å². The highest BCUT2D eigenvalue weighted by Gasteiger charge is 2.39. The van der Waals surface area contributed by atoms with Crippen LogP contribution in [-0.4, -0.2) is 68.2 Å². The van der Waals surface area contributed by atoms with Crippen LogP contribution < -0.4 is 20.6 Å². The lowest BCUT2D eigenvalue weighted by molar-refractivity contribution is -0.130. The molecule has 1 saturated heterocycles. The highest BCUT2D eigenvalue weighted by atomic mass is 31.2. The Morgan fingerprint density at radius 3 is 2.45 bits per heavy atom. The van der Waals surface area contributed by atoms with E-state index in [2.05, 4.69) is 10.6 Å². The lowest BCUT2D eigenvalue weighted by atomic mass is 9.72. The first-order valence-corrected chi connectivity index (χ1v) is 13.3. The summed E-state index contributed by atoms with van der Waals surface area (Å²) in [7, 11) is -6.17. The lowest BCUT2D eigenvalue weighted by Crippen LogP contribution is -2.56. The van der Waals surface area contributed by atoms with Gasteiger partial charge in [-0.2, -0.15) is 0 Å². The number of fused-ring (bicyclic) bond motifs is 1. The fourth-order valence-electron chi connectivity index (χ4n) is 4.37. The van der Waals surface area contributed by atoms with Gasteiger partial charge in [0.25, 0.3) is 0 Å². The van der Waals surface area contributed by atoms with Crippen LogP contribution in [0, 0.1) is 0 Å². The first-order chi connectivity index (χ1) is 18.0. The maximum atomic E-state index is 13.4. The third-order valence-corrected chi connectivity index (χ3v) is 7.31. The van der Waals surface area contributed by atoms with Crippen LogP contribution in [0.1, 0.15) is 46.8 Å². The second kappa shape index (κ2) is 11.0. The van der Waals surface area contributed by atoms with Gasteiger partial charge in [-0.1, -0.05) is 24.3 Å². The molecule has 0 saturated carbocycles. The molecular formula is C23H25BN3O10P. The van der Waals surface area contributed by atoms with E-state index in [1.165, 1.54) is 24.3 Å². The average Bonchev–Trinajstić information content (AvgIpc) is 2.87. The number of carbonyl (C=O) groups is 4. The van der Waals surface area contributed by atoms with Gasteiger partial charge < -0.3 is 35.2 Å². The minimum absolute atomic E-state index is 0.0144. The first kappa shape index (κ1) is 27.3. The van der Waals surface area contributed by atoms with Gasteiger partial charge in [-0.3, -0.25) is 19.1 Å². The maximum Gasteiger partial charge on any atom is 0.547 e. The number of para-hydroxylation sites is 1. The number of urea groups is 1. The number of amides is 4. The zero-order chi connectivity index (χ0) is 27.6. The zero-order valence-corrected chi connectivity index (χ0v) is 20.8. The molecular weight excluding hydrogens is 520 g/mol. The van der Waals surface area contributed by atoms with Gasteiger partial charge in [0.15, 0.2) is 0 Å². The summed E-state index contributed by atoms with van der Waals surface area (Å²) in [4.78, 5) is 69.8. The second-order valence-corrected chi connectivity index (χ2v) is 10.6. The number of imide groups is 1. The van der Waals surface area contributed by atoms with Gasteiger partial charge in [0, 0.05) is 13.0 Å². The standard InChI is InChI=1S/C23H25BN3O10P/c28-18-6-1-2-11-27(18)23(32)26-19(13-7-9-15(10-8-13)38(34,35)36)21(29)25-17-12-14-4-3-5-16(22(30)31)20(14)37-24(17)33/h3-5,7-10,17,19,33H,1-2,6,11-12H2,(H,25,29)(H,26,32)(H,30,31)(H2,34,35,36)/t17-,19?/m0/s1. The quantitative estimate of drug-likeness (QED) is 0.213. The molecule has 2 aliphatic rings. The Kier molecular flexibility index (Phi) is 7.88.